The topological polar surface area (TPSA) is 87.4 Å². The lowest BCUT2D eigenvalue weighted by molar-refractivity contribution is -0.0279. The molecule has 1 aliphatic carbocycles. The first-order chi connectivity index (χ1) is 11.0. The zero-order valence-corrected chi connectivity index (χ0v) is 17.1. The van der Waals surface area contributed by atoms with Crippen molar-refractivity contribution in [3.8, 4) is 0 Å². The average molecular weight is 448 g/mol. The highest BCUT2D eigenvalue weighted by atomic mass is 127. The van der Waals surface area contributed by atoms with E-state index in [0.29, 0.717) is 12.5 Å². The van der Waals surface area contributed by atoms with Crippen LogP contribution in [-0.4, -0.2) is 51.1 Å². The molecule has 2 heterocycles. The molecule has 1 fully saturated rings. The van der Waals surface area contributed by atoms with Crippen LogP contribution in [0.25, 0.3) is 0 Å². The Balaban J connectivity index is 0.00000208. The van der Waals surface area contributed by atoms with E-state index in [0.717, 1.165) is 56.3 Å². The molecular weight excluding hydrogens is 419 g/mol. The van der Waals surface area contributed by atoms with Crippen molar-refractivity contribution in [2.45, 2.75) is 70.1 Å². The van der Waals surface area contributed by atoms with Gasteiger partial charge in [-0.1, -0.05) is 13.8 Å². The fourth-order valence-electron chi connectivity index (χ4n) is 3.09. The highest BCUT2D eigenvalue weighted by Gasteiger charge is 2.34. The summed E-state index contributed by atoms with van der Waals surface area (Å²) in [5.74, 6) is 3.12. The minimum Gasteiger partial charge on any atom is -0.388 e. The van der Waals surface area contributed by atoms with Gasteiger partial charge in [0.15, 0.2) is 11.8 Å². The Morgan fingerprint density at radius 1 is 1.46 bits per heavy atom. The molecular formula is C16H29IN6O. The van der Waals surface area contributed by atoms with Crippen molar-refractivity contribution in [2.24, 2.45) is 4.99 Å². The van der Waals surface area contributed by atoms with Crippen LogP contribution in [-0.2, 0) is 13.0 Å². The number of aryl methyl sites for hydroxylation is 1. The highest BCUT2D eigenvalue weighted by molar-refractivity contribution is 14.0. The van der Waals surface area contributed by atoms with Gasteiger partial charge in [0.05, 0.1) is 12.1 Å². The van der Waals surface area contributed by atoms with Gasteiger partial charge >= 0.3 is 0 Å². The molecule has 1 aromatic heterocycles. The molecule has 3 rings (SSSR count). The zero-order chi connectivity index (χ0) is 16.4. The number of nitrogens with zero attached hydrogens (tertiary/aromatic N) is 4. The van der Waals surface area contributed by atoms with Gasteiger partial charge in [0.25, 0.3) is 0 Å². The van der Waals surface area contributed by atoms with E-state index in [1.165, 1.54) is 0 Å². The van der Waals surface area contributed by atoms with Gasteiger partial charge in [-0.2, -0.15) is 5.10 Å². The van der Waals surface area contributed by atoms with Crippen molar-refractivity contribution in [2.75, 3.05) is 13.6 Å². The van der Waals surface area contributed by atoms with Gasteiger partial charge in [-0.25, -0.2) is 9.67 Å². The second-order valence-electron chi connectivity index (χ2n) is 7.11. The lowest BCUT2D eigenvalue weighted by Crippen LogP contribution is -2.53. The molecule has 1 unspecified atom stereocenters. The predicted octanol–water partition coefficient (Wildman–Crippen LogP) is 1.41. The van der Waals surface area contributed by atoms with Crippen molar-refractivity contribution in [3.63, 3.8) is 0 Å². The summed E-state index contributed by atoms with van der Waals surface area (Å²) in [7, 11) is 1.76. The SMILES string of the molecule is CN=C(NCC1(O)CCC1)NC1CCc2nc(C(C)C)nn2C1.I. The molecule has 1 aromatic rings. The maximum absolute atomic E-state index is 10.2. The Hall–Kier alpha value is -0.900. The molecule has 24 heavy (non-hydrogen) atoms. The van der Waals surface area contributed by atoms with Crippen LogP contribution >= 0.6 is 24.0 Å². The lowest BCUT2D eigenvalue weighted by Gasteiger charge is -2.37. The number of hydrogen-bond donors (Lipinski definition) is 3. The van der Waals surface area contributed by atoms with Gasteiger partial charge in [0.1, 0.15) is 5.82 Å². The number of fused-ring (bicyclic) bond motifs is 1. The Labute approximate surface area is 160 Å². The van der Waals surface area contributed by atoms with Crippen LogP contribution in [0.15, 0.2) is 4.99 Å². The number of rotatable bonds is 4. The largest absolute Gasteiger partial charge is 0.388 e. The van der Waals surface area contributed by atoms with E-state index in [4.69, 9.17) is 0 Å². The molecule has 0 spiro atoms. The van der Waals surface area contributed by atoms with Gasteiger partial charge in [-0.3, -0.25) is 4.99 Å². The summed E-state index contributed by atoms with van der Waals surface area (Å²) < 4.78 is 2.02. The normalized spacial score (nSPS) is 22.4. The van der Waals surface area contributed by atoms with E-state index in [1.807, 2.05) is 4.68 Å². The van der Waals surface area contributed by atoms with E-state index in [1.54, 1.807) is 7.05 Å². The molecule has 1 atom stereocenters. The molecule has 3 N–H and O–H groups in total. The quantitative estimate of drug-likeness (QED) is 0.369. The van der Waals surface area contributed by atoms with Crippen molar-refractivity contribution in [1.82, 2.24) is 25.4 Å². The number of nitrogens with one attached hydrogen (secondary N) is 2. The third kappa shape index (κ3) is 4.38. The minimum absolute atomic E-state index is 0. The molecule has 0 aromatic carbocycles. The second kappa shape index (κ2) is 7.99. The number of aromatic nitrogens is 3. The summed E-state index contributed by atoms with van der Waals surface area (Å²) in [5, 5.41) is 21.5. The van der Waals surface area contributed by atoms with Crippen LogP contribution in [0, 0.1) is 0 Å². The van der Waals surface area contributed by atoms with Gasteiger partial charge in [-0.15, -0.1) is 24.0 Å². The zero-order valence-electron chi connectivity index (χ0n) is 14.7. The summed E-state index contributed by atoms with van der Waals surface area (Å²) in [6.45, 7) is 5.60. The maximum Gasteiger partial charge on any atom is 0.191 e. The minimum atomic E-state index is -0.546. The third-order valence-electron chi connectivity index (χ3n) is 4.82. The molecule has 136 valence electrons. The highest BCUT2D eigenvalue weighted by Crippen LogP contribution is 2.30. The molecule has 0 saturated heterocycles. The first-order valence-corrected chi connectivity index (χ1v) is 8.62. The summed E-state index contributed by atoms with van der Waals surface area (Å²) in [6.07, 6.45) is 4.81. The average Bonchev–Trinajstić information content (AvgIpc) is 2.93. The van der Waals surface area contributed by atoms with E-state index < -0.39 is 5.60 Å². The van der Waals surface area contributed by atoms with Crippen LogP contribution < -0.4 is 10.6 Å². The van der Waals surface area contributed by atoms with Crippen LogP contribution in [0.5, 0.6) is 0 Å². The molecule has 0 radical (unpaired) electrons. The van der Waals surface area contributed by atoms with Gasteiger partial charge in [0.2, 0.25) is 0 Å². The van der Waals surface area contributed by atoms with Crippen molar-refractivity contribution in [3.05, 3.63) is 11.6 Å². The predicted molar refractivity (Wildman–Crippen MR) is 105 cm³/mol. The van der Waals surface area contributed by atoms with E-state index in [9.17, 15) is 5.11 Å². The summed E-state index contributed by atoms with van der Waals surface area (Å²) in [6, 6.07) is 0.284. The standard InChI is InChI=1S/C16H28N6O.HI/c1-11(2)14-20-13-6-5-12(9-22(13)21-14)19-15(17-3)18-10-16(23)7-4-8-16;/h11-12,23H,4-10H2,1-3H3,(H2,17,18,19);1H. The lowest BCUT2D eigenvalue weighted by atomic mass is 9.80. The van der Waals surface area contributed by atoms with Crippen molar-refractivity contribution in [1.29, 1.82) is 0 Å². The Morgan fingerprint density at radius 2 is 2.21 bits per heavy atom. The summed E-state index contributed by atoms with van der Waals surface area (Å²) in [5.41, 5.74) is -0.546. The third-order valence-corrected chi connectivity index (χ3v) is 4.82. The number of halogens is 1. The van der Waals surface area contributed by atoms with Crippen LogP contribution in [0.4, 0.5) is 0 Å². The van der Waals surface area contributed by atoms with Gasteiger partial charge in [-0.05, 0) is 25.7 Å². The fourth-order valence-corrected chi connectivity index (χ4v) is 3.09. The Kier molecular flexibility index (Phi) is 6.46. The Morgan fingerprint density at radius 3 is 2.79 bits per heavy atom. The van der Waals surface area contributed by atoms with Crippen molar-refractivity contribution >= 4 is 29.9 Å². The van der Waals surface area contributed by atoms with E-state index in [-0.39, 0.29) is 30.0 Å². The molecule has 1 aliphatic heterocycles. The molecule has 8 heteroatoms. The number of hydrogen-bond acceptors (Lipinski definition) is 4. The number of aliphatic imine (C=N–C) groups is 1. The first-order valence-electron chi connectivity index (χ1n) is 8.62. The summed E-state index contributed by atoms with van der Waals surface area (Å²) in [4.78, 5) is 8.89. The smallest absolute Gasteiger partial charge is 0.191 e. The maximum atomic E-state index is 10.2. The first kappa shape index (κ1) is 19.4. The fraction of sp³-hybridized carbons (Fsp3) is 0.812. The van der Waals surface area contributed by atoms with E-state index in [2.05, 4.69) is 39.6 Å². The number of guanidine groups is 1. The Bertz CT molecular complexity index is 581. The van der Waals surface area contributed by atoms with Crippen LogP contribution in [0.3, 0.4) is 0 Å². The van der Waals surface area contributed by atoms with Crippen molar-refractivity contribution < 1.29 is 5.11 Å². The molecule has 0 amide bonds. The molecule has 7 nitrogen and oxygen atoms in total. The molecule has 0 bridgehead atoms. The van der Waals surface area contributed by atoms with Crippen LogP contribution in [0.1, 0.15) is 57.1 Å². The summed E-state index contributed by atoms with van der Waals surface area (Å²) >= 11 is 0. The van der Waals surface area contributed by atoms with E-state index >= 15 is 0 Å². The molecule has 1 saturated carbocycles. The van der Waals surface area contributed by atoms with Crippen LogP contribution in [0.2, 0.25) is 0 Å². The monoisotopic (exact) mass is 448 g/mol. The number of aliphatic hydroxyl groups is 1. The molecule has 2 aliphatic rings. The van der Waals surface area contributed by atoms with Gasteiger partial charge < -0.3 is 15.7 Å². The van der Waals surface area contributed by atoms with Gasteiger partial charge in [0, 0.05) is 32.0 Å². The second-order valence-corrected chi connectivity index (χ2v) is 7.11.